The van der Waals surface area contributed by atoms with Gasteiger partial charge in [-0.15, -0.1) is 0 Å². The van der Waals surface area contributed by atoms with Gasteiger partial charge >= 0.3 is 0 Å². The van der Waals surface area contributed by atoms with Crippen LogP contribution in [-0.4, -0.2) is 13.3 Å². The maximum atomic E-state index is 3.85. The highest BCUT2D eigenvalue weighted by atomic mass is 14.9. The number of allylic oxidation sites excluding steroid dienone is 4. The minimum absolute atomic E-state index is 0.830. The van der Waals surface area contributed by atoms with E-state index in [0.717, 1.165) is 17.0 Å². The van der Waals surface area contributed by atoms with E-state index < -0.39 is 0 Å². The van der Waals surface area contributed by atoms with Gasteiger partial charge in [-0.05, 0) is 31.6 Å². The Hall–Kier alpha value is -1.57. The van der Waals surface area contributed by atoms with Crippen molar-refractivity contribution in [3.05, 3.63) is 48.4 Å². The molecule has 0 aliphatic carbocycles. The minimum atomic E-state index is 0.830. The quantitative estimate of drug-likeness (QED) is 0.523. The number of hydrogen-bond acceptors (Lipinski definition) is 2. The average molecular weight is 190 g/mol. The summed E-state index contributed by atoms with van der Waals surface area (Å²) < 4.78 is 0. The summed E-state index contributed by atoms with van der Waals surface area (Å²) in [6, 6.07) is 0. The maximum Gasteiger partial charge on any atom is 0.0341 e. The van der Waals surface area contributed by atoms with Crippen LogP contribution in [-0.2, 0) is 0 Å². The van der Waals surface area contributed by atoms with Crippen molar-refractivity contribution in [3.63, 3.8) is 0 Å². The average Bonchev–Trinajstić information content (AvgIpc) is 2.16. The number of aliphatic imine (C=N–C) groups is 1. The third-order valence-electron chi connectivity index (χ3n) is 1.63. The lowest BCUT2D eigenvalue weighted by molar-refractivity contribution is 1.02. The number of rotatable bonds is 5. The molecular weight excluding hydrogens is 172 g/mol. The maximum absolute atomic E-state index is 3.85. The highest BCUT2D eigenvalue weighted by Crippen LogP contribution is 2.03. The third-order valence-corrected chi connectivity index (χ3v) is 1.63. The van der Waals surface area contributed by atoms with Crippen molar-refractivity contribution in [2.75, 3.05) is 7.05 Å². The summed E-state index contributed by atoms with van der Waals surface area (Å²) in [6.07, 6.45) is 7.50. The second kappa shape index (κ2) is 6.89. The zero-order chi connectivity index (χ0) is 11.0. The van der Waals surface area contributed by atoms with Crippen molar-refractivity contribution in [2.24, 2.45) is 4.99 Å². The number of hydrogen-bond donors (Lipinski definition) is 1. The molecule has 0 saturated carbocycles. The van der Waals surface area contributed by atoms with Crippen LogP contribution in [0.15, 0.2) is 53.3 Å². The van der Waals surface area contributed by atoms with Gasteiger partial charge in [0.25, 0.3) is 0 Å². The van der Waals surface area contributed by atoms with E-state index in [1.165, 1.54) is 0 Å². The van der Waals surface area contributed by atoms with E-state index in [4.69, 9.17) is 0 Å². The molecule has 0 saturated heterocycles. The summed E-state index contributed by atoms with van der Waals surface area (Å²) in [4.78, 5) is 3.85. The van der Waals surface area contributed by atoms with Crippen molar-refractivity contribution in [1.29, 1.82) is 0 Å². The Bertz CT molecular complexity index is 293. The Morgan fingerprint density at radius 2 is 2.00 bits per heavy atom. The standard InChI is InChI=1S/C12H18N2/c1-6-12(8-7-9-13-5)14-11(4)10(2)3/h6-9,14H,2,4H2,1,3,5H3/b8-7+,12-6+,13-9?. The van der Waals surface area contributed by atoms with Crippen molar-refractivity contribution in [1.82, 2.24) is 5.32 Å². The van der Waals surface area contributed by atoms with Crippen molar-refractivity contribution >= 4 is 6.21 Å². The Morgan fingerprint density at radius 1 is 1.36 bits per heavy atom. The highest BCUT2D eigenvalue weighted by molar-refractivity contribution is 5.71. The predicted molar refractivity (Wildman–Crippen MR) is 64.4 cm³/mol. The normalized spacial score (nSPS) is 12.4. The summed E-state index contributed by atoms with van der Waals surface area (Å²) in [7, 11) is 1.74. The first-order chi connectivity index (χ1) is 6.61. The molecule has 0 heterocycles. The molecule has 0 aliphatic rings. The smallest absolute Gasteiger partial charge is 0.0341 e. The zero-order valence-corrected chi connectivity index (χ0v) is 9.17. The molecule has 0 unspecified atom stereocenters. The second-order valence-electron chi connectivity index (χ2n) is 2.89. The molecule has 0 aromatic heterocycles. The number of nitrogens with zero attached hydrogens (tertiary/aromatic N) is 1. The fourth-order valence-corrected chi connectivity index (χ4v) is 0.724. The number of nitrogens with one attached hydrogen (secondary N) is 1. The molecule has 0 bridgehead atoms. The first kappa shape index (κ1) is 12.4. The van der Waals surface area contributed by atoms with E-state index in [9.17, 15) is 0 Å². The van der Waals surface area contributed by atoms with Gasteiger partial charge in [0, 0.05) is 24.7 Å². The predicted octanol–water partition coefficient (Wildman–Crippen LogP) is 2.83. The van der Waals surface area contributed by atoms with Crippen LogP contribution in [0.4, 0.5) is 0 Å². The topological polar surface area (TPSA) is 24.4 Å². The molecule has 0 spiro atoms. The zero-order valence-electron chi connectivity index (χ0n) is 9.17. The molecule has 2 heteroatoms. The molecule has 0 fully saturated rings. The molecule has 2 nitrogen and oxygen atoms in total. The summed E-state index contributed by atoms with van der Waals surface area (Å²) >= 11 is 0. The third kappa shape index (κ3) is 5.14. The molecule has 1 N–H and O–H groups in total. The first-order valence-electron chi connectivity index (χ1n) is 4.48. The van der Waals surface area contributed by atoms with E-state index in [1.54, 1.807) is 13.3 Å². The van der Waals surface area contributed by atoms with Gasteiger partial charge in [-0.3, -0.25) is 4.99 Å². The Morgan fingerprint density at radius 3 is 2.43 bits per heavy atom. The Labute approximate surface area is 86.4 Å². The highest BCUT2D eigenvalue weighted by Gasteiger charge is 1.94. The van der Waals surface area contributed by atoms with Crippen LogP contribution in [0, 0.1) is 0 Å². The Balaban J connectivity index is 4.32. The van der Waals surface area contributed by atoms with Crippen molar-refractivity contribution < 1.29 is 0 Å². The summed E-state index contributed by atoms with van der Waals surface area (Å²) in [5, 5.41) is 3.14. The Kier molecular flexibility index (Phi) is 6.12. The van der Waals surface area contributed by atoms with Gasteiger partial charge in [0.2, 0.25) is 0 Å². The van der Waals surface area contributed by atoms with Gasteiger partial charge in [0.1, 0.15) is 0 Å². The van der Waals surface area contributed by atoms with Gasteiger partial charge in [0.05, 0.1) is 0 Å². The van der Waals surface area contributed by atoms with Gasteiger partial charge in [-0.2, -0.15) is 0 Å². The van der Waals surface area contributed by atoms with Crippen molar-refractivity contribution in [3.8, 4) is 0 Å². The molecule has 0 amide bonds. The fraction of sp³-hybridized carbons (Fsp3) is 0.250. The molecule has 0 rings (SSSR count). The van der Waals surface area contributed by atoms with E-state index in [1.807, 2.05) is 32.1 Å². The van der Waals surface area contributed by atoms with Gasteiger partial charge in [-0.1, -0.05) is 19.2 Å². The van der Waals surface area contributed by atoms with Gasteiger partial charge in [0.15, 0.2) is 0 Å². The van der Waals surface area contributed by atoms with Crippen LogP contribution in [0.2, 0.25) is 0 Å². The summed E-state index contributed by atoms with van der Waals surface area (Å²) in [6.45, 7) is 11.5. The van der Waals surface area contributed by atoms with Crippen LogP contribution in [0.25, 0.3) is 0 Å². The molecule has 76 valence electrons. The molecule has 0 aromatic carbocycles. The first-order valence-corrected chi connectivity index (χ1v) is 4.48. The van der Waals surface area contributed by atoms with Crippen LogP contribution in [0.5, 0.6) is 0 Å². The van der Waals surface area contributed by atoms with Crippen LogP contribution < -0.4 is 5.32 Å². The lowest BCUT2D eigenvalue weighted by Crippen LogP contribution is -2.10. The van der Waals surface area contributed by atoms with Crippen LogP contribution in [0.1, 0.15) is 13.8 Å². The van der Waals surface area contributed by atoms with E-state index in [0.29, 0.717) is 0 Å². The minimum Gasteiger partial charge on any atom is -0.356 e. The van der Waals surface area contributed by atoms with Gasteiger partial charge < -0.3 is 5.32 Å². The molecule has 0 radical (unpaired) electrons. The summed E-state index contributed by atoms with van der Waals surface area (Å²) in [5.74, 6) is 0. The van der Waals surface area contributed by atoms with Crippen LogP contribution in [0.3, 0.4) is 0 Å². The molecule has 14 heavy (non-hydrogen) atoms. The monoisotopic (exact) mass is 190 g/mol. The second-order valence-corrected chi connectivity index (χ2v) is 2.89. The van der Waals surface area contributed by atoms with Crippen LogP contribution >= 0.6 is 0 Å². The van der Waals surface area contributed by atoms with E-state index in [-0.39, 0.29) is 0 Å². The largest absolute Gasteiger partial charge is 0.356 e. The lowest BCUT2D eigenvalue weighted by Gasteiger charge is -2.08. The molecule has 0 atom stereocenters. The lowest BCUT2D eigenvalue weighted by atomic mass is 10.2. The fourth-order valence-electron chi connectivity index (χ4n) is 0.724. The van der Waals surface area contributed by atoms with Gasteiger partial charge in [-0.25, -0.2) is 0 Å². The summed E-state index contributed by atoms with van der Waals surface area (Å²) in [5.41, 5.74) is 2.75. The molecule has 0 aromatic rings. The van der Waals surface area contributed by atoms with E-state index in [2.05, 4.69) is 23.5 Å². The SMILES string of the molecule is C=C(C)C(=C)NC(/C=C/C=NC)=C/C. The van der Waals surface area contributed by atoms with Crippen molar-refractivity contribution in [2.45, 2.75) is 13.8 Å². The van der Waals surface area contributed by atoms with E-state index >= 15 is 0 Å². The molecular formula is C12H18N2. The molecule has 0 aliphatic heterocycles.